The number of anilines is 1. The van der Waals surface area contributed by atoms with E-state index in [0.29, 0.717) is 0 Å². The lowest BCUT2D eigenvalue weighted by atomic mass is 10.1. The van der Waals surface area contributed by atoms with E-state index in [2.05, 4.69) is 83.4 Å². The van der Waals surface area contributed by atoms with Crippen LogP contribution < -0.4 is 5.32 Å². The van der Waals surface area contributed by atoms with Crippen molar-refractivity contribution >= 4 is 28.4 Å². The Morgan fingerprint density at radius 3 is 2.73 bits per heavy atom. The topological polar surface area (TPSA) is 29.9 Å². The normalized spacial score (nSPS) is 13.0. The van der Waals surface area contributed by atoms with Crippen LogP contribution in [0.5, 0.6) is 0 Å². The Kier molecular flexibility index (Phi) is 3.41. The first-order valence-corrected chi connectivity index (χ1v) is 8.49. The number of aromatic nitrogens is 2. The zero-order valence-corrected chi connectivity index (χ0v) is 14.5. The first kappa shape index (κ1) is 13.8. The zero-order valence-electron chi connectivity index (χ0n) is 12.3. The van der Waals surface area contributed by atoms with E-state index in [0.717, 1.165) is 30.2 Å². The van der Waals surface area contributed by atoms with Gasteiger partial charge in [-0.15, -0.1) is 0 Å². The summed E-state index contributed by atoms with van der Waals surface area (Å²) in [4.78, 5) is 0. The molecule has 3 aromatic rings. The van der Waals surface area contributed by atoms with Gasteiger partial charge in [0.1, 0.15) is 5.82 Å². The number of nitrogens with zero attached hydrogens (tertiary/aromatic N) is 2. The molecule has 0 aliphatic carbocycles. The monoisotopic (exact) mass is 401 g/mol. The van der Waals surface area contributed by atoms with Crippen LogP contribution in [0.15, 0.2) is 48.5 Å². The fraction of sp³-hybridized carbons (Fsp3) is 0.167. The first-order chi connectivity index (χ1) is 10.7. The summed E-state index contributed by atoms with van der Waals surface area (Å²) in [6.45, 7) is 3.09. The standard InChI is InChI=1S/C18H16IN3/c1-12-3-2-4-15(11-12)22-18-16(9-10-20-18)17(21-22)13-5-7-14(19)8-6-13/h2-8,11,20H,9-10H2,1H3. The molecule has 0 radical (unpaired) electrons. The van der Waals surface area contributed by atoms with Crippen LogP contribution in [0.25, 0.3) is 16.9 Å². The van der Waals surface area contributed by atoms with Crippen LogP contribution in [-0.2, 0) is 6.42 Å². The van der Waals surface area contributed by atoms with E-state index in [1.807, 2.05) is 4.68 Å². The molecule has 1 aromatic heterocycles. The molecule has 0 bridgehead atoms. The molecule has 0 spiro atoms. The highest BCUT2D eigenvalue weighted by atomic mass is 127. The third kappa shape index (κ3) is 2.31. The molecule has 4 heteroatoms. The molecule has 0 unspecified atom stereocenters. The Labute approximate surface area is 143 Å². The van der Waals surface area contributed by atoms with Crippen molar-refractivity contribution < 1.29 is 0 Å². The minimum absolute atomic E-state index is 0.983. The lowest BCUT2D eigenvalue weighted by Gasteiger charge is -2.07. The molecule has 1 N–H and O–H groups in total. The molecule has 3 nitrogen and oxygen atoms in total. The predicted octanol–water partition coefficient (Wildman–Crippen LogP) is 4.42. The smallest absolute Gasteiger partial charge is 0.133 e. The number of hydrogen-bond donors (Lipinski definition) is 1. The summed E-state index contributed by atoms with van der Waals surface area (Å²) >= 11 is 2.33. The zero-order chi connectivity index (χ0) is 15.1. The SMILES string of the molecule is Cc1cccc(-n2nc(-c3ccc(I)cc3)c3c2NCC3)c1. The van der Waals surface area contributed by atoms with Crippen LogP contribution >= 0.6 is 22.6 Å². The number of benzene rings is 2. The molecule has 4 rings (SSSR count). The summed E-state index contributed by atoms with van der Waals surface area (Å²) in [7, 11) is 0. The van der Waals surface area contributed by atoms with Gasteiger partial charge >= 0.3 is 0 Å². The van der Waals surface area contributed by atoms with Crippen LogP contribution in [-0.4, -0.2) is 16.3 Å². The molecule has 0 saturated heterocycles. The maximum absolute atomic E-state index is 4.89. The van der Waals surface area contributed by atoms with Crippen molar-refractivity contribution in [2.45, 2.75) is 13.3 Å². The predicted molar refractivity (Wildman–Crippen MR) is 98.6 cm³/mol. The lowest BCUT2D eigenvalue weighted by Crippen LogP contribution is -2.04. The molecule has 0 amide bonds. The van der Waals surface area contributed by atoms with E-state index < -0.39 is 0 Å². The van der Waals surface area contributed by atoms with Gasteiger partial charge in [0.05, 0.1) is 11.4 Å². The second kappa shape index (κ2) is 5.43. The largest absolute Gasteiger partial charge is 0.369 e. The Morgan fingerprint density at radius 1 is 1.14 bits per heavy atom. The highest BCUT2D eigenvalue weighted by molar-refractivity contribution is 14.1. The van der Waals surface area contributed by atoms with Gasteiger partial charge in [0.25, 0.3) is 0 Å². The molecule has 2 heterocycles. The highest BCUT2D eigenvalue weighted by Gasteiger charge is 2.23. The van der Waals surface area contributed by atoms with Gasteiger partial charge in [-0.3, -0.25) is 0 Å². The van der Waals surface area contributed by atoms with Crippen LogP contribution in [0.4, 0.5) is 5.82 Å². The molecule has 0 atom stereocenters. The average molecular weight is 401 g/mol. The Morgan fingerprint density at radius 2 is 1.95 bits per heavy atom. The number of rotatable bonds is 2. The summed E-state index contributed by atoms with van der Waals surface area (Å²) in [5.74, 6) is 1.14. The fourth-order valence-corrected chi connectivity index (χ4v) is 3.32. The molecule has 2 aromatic carbocycles. The van der Waals surface area contributed by atoms with Crippen LogP contribution in [0.1, 0.15) is 11.1 Å². The van der Waals surface area contributed by atoms with E-state index in [9.17, 15) is 0 Å². The van der Waals surface area contributed by atoms with E-state index in [1.165, 1.54) is 20.3 Å². The fourth-order valence-electron chi connectivity index (χ4n) is 2.96. The molecular formula is C18H16IN3. The molecule has 22 heavy (non-hydrogen) atoms. The minimum atomic E-state index is 0.983. The molecule has 110 valence electrons. The van der Waals surface area contributed by atoms with Crippen molar-refractivity contribution in [1.29, 1.82) is 0 Å². The lowest BCUT2D eigenvalue weighted by molar-refractivity contribution is 0.881. The molecule has 0 fully saturated rings. The van der Waals surface area contributed by atoms with Crippen LogP contribution in [0.2, 0.25) is 0 Å². The van der Waals surface area contributed by atoms with E-state index in [-0.39, 0.29) is 0 Å². The summed E-state index contributed by atoms with van der Waals surface area (Å²) in [6, 6.07) is 17.1. The summed E-state index contributed by atoms with van der Waals surface area (Å²) in [6.07, 6.45) is 1.03. The maximum Gasteiger partial charge on any atom is 0.133 e. The van der Waals surface area contributed by atoms with Gasteiger partial charge in [-0.05, 0) is 65.8 Å². The summed E-state index contributed by atoms with van der Waals surface area (Å²) in [5.41, 5.74) is 5.96. The number of hydrogen-bond acceptors (Lipinski definition) is 2. The Hall–Kier alpha value is -1.82. The van der Waals surface area contributed by atoms with Crippen LogP contribution in [0.3, 0.4) is 0 Å². The average Bonchev–Trinajstić information content (AvgIpc) is 3.10. The van der Waals surface area contributed by atoms with Crippen molar-refractivity contribution in [1.82, 2.24) is 9.78 Å². The van der Waals surface area contributed by atoms with Gasteiger partial charge in [-0.25, -0.2) is 4.68 Å². The number of fused-ring (bicyclic) bond motifs is 1. The van der Waals surface area contributed by atoms with E-state index in [1.54, 1.807) is 0 Å². The summed E-state index contributed by atoms with van der Waals surface area (Å²) in [5, 5.41) is 8.38. The first-order valence-electron chi connectivity index (χ1n) is 7.41. The second-order valence-corrected chi connectivity index (χ2v) is 6.86. The van der Waals surface area contributed by atoms with Gasteiger partial charge in [0.2, 0.25) is 0 Å². The van der Waals surface area contributed by atoms with Crippen LogP contribution in [0, 0.1) is 10.5 Å². The molecule has 1 aliphatic heterocycles. The van der Waals surface area contributed by atoms with Crippen molar-refractivity contribution in [3.63, 3.8) is 0 Å². The Balaban J connectivity index is 1.88. The van der Waals surface area contributed by atoms with Crippen molar-refractivity contribution in [3.05, 3.63) is 63.2 Å². The van der Waals surface area contributed by atoms with Crippen molar-refractivity contribution in [2.24, 2.45) is 0 Å². The van der Waals surface area contributed by atoms with Gasteiger partial charge in [-0.2, -0.15) is 5.10 Å². The molecule has 1 aliphatic rings. The maximum atomic E-state index is 4.89. The highest BCUT2D eigenvalue weighted by Crippen LogP contribution is 2.34. The molecular weight excluding hydrogens is 385 g/mol. The number of aryl methyl sites for hydroxylation is 1. The second-order valence-electron chi connectivity index (χ2n) is 5.61. The Bertz CT molecular complexity index is 834. The third-order valence-corrected chi connectivity index (χ3v) is 4.73. The van der Waals surface area contributed by atoms with Crippen molar-refractivity contribution in [3.8, 4) is 16.9 Å². The van der Waals surface area contributed by atoms with Gasteiger partial charge in [0, 0.05) is 21.2 Å². The quantitative estimate of drug-likeness (QED) is 0.645. The van der Waals surface area contributed by atoms with Gasteiger partial charge < -0.3 is 5.32 Å². The molecule has 0 saturated carbocycles. The van der Waals surface area contributed by atoms with Gasteiger partial charge in [-0.1, -0.05) is 24.3 Å². The third-order valence-electron chi connectivity index (χ3n) is 4.01. The summed E-state index contributed by atoms with van der Waals surface area (Å²) < 4.78 is 3.29. The van der Waals surface area contributed by atoms with E-state index >= 15 is 0 Å². The van der Waals surface area contributed by atoms with Crippen molar-refractivity contribution in [2.75, 3.05) is 11.9 Å². The van der Waals surface area contributed by atoms with Gasteiger partial charge in [0.15, 0.2) is 0 Å². The number of nitrogens with one attached hydrogen (secondary N) is 1. The minimum Gasteiger partial charge on any atom is -0.369 e. The van der Waals surface area contributed by atoms with E-state index in [4.69, 9.17) is 5.10 Å². The number of halogens is 1.